The highest BCUT2D eigenvalue weighted by molar-refractivity contribution is 6.36. The number of pyridine rings is 1. The highest BCUT2D eigenvalue weighted by atomic mass is 35.5. The van der Waals surface area contributed by atoms with Crippen molar-refractivity contribution in [3.8, 4) is 5.88 Å². The third kappa shape index (κ3) is 2.74. The van der Waals surface area contributed by atoms with Crippen LogP contribution in [0.5, 0.6) is 5.88 Å². The van der Waals surface area contributed by atoms with E-state index in [0.717, 1.165) is 28.9 Å². The Kier molecular flexibility index (Phi) is 4.08. The summed E-state index contributed by atoms with van der Waals surface area (Å²) in [5.74, 6) is 0.621. The van der Waals surface area contributed by atoms with Gasteiger partial charge in [0.05, 0.1) is 17.6 Å². The molecule has 20 heavy (non-hydrogen) atoms. The lowest BCUT2D eigenvalue weighted by Gasteiger charge is -2.24. The van der Waals surface area contributed by atoms with Gasteiger partial charge in [-0.05, 0) is 43.5 Å². The molecule has 106 valence electrons. The van der Waals surface area contributed by atoms with E-state index in [1.807, 2.05) is 18.2 Å². The van der Waals surface area contributed by atoms with Crippen LogP contribution in [-0.4, -0.2) is 24.7 Å². The molecule has 0 saturated carbocycles. The number of nitrogens with zero attached hydrogens (tertiary/aromatic N) is 1. The molecule has 2 aromatic rings. The Morgan fingerprint density at radius 3 is 2.95 bits per heavy atom. The van der Waals surface area contributed by atoms with Gasteiger partial charge in [0.1, 0.15) is 0 Å². The Morgan fingerprint density at radius 1 is 1.30 bits per heavy atom. The van der Waals surface area contributed by atoms with Crippen LogP contribution in [0.3, 0.4) is 0 Å². The van der Waals surface area contributed by atoms with Crippen LogP contribution in [0.2, 0.25) is 5.02 Å². The topological polar surface area (TPSA) is 34.1 Å². The van der Waals surface area contributed by atoms with Gasteiger partial charge >= 0.3 is 0 Å². The third-order valence-corrected chi connectivity index (χ3v) is 4.39. The second-order valence-electron chi connectivity index (χ2n) is 5.31. The SMILES string of the molecule is COc1ccc2c(Cl)c(CC3CCCCN3)ccc2n1. The summed E-state index contributed by atoms with van der Waals surface area (Å²) in [5.41, 5.74) is 2.08. The van der Waals surface area contributed by atoms with Crippen molar-refractivity contribution in [3.63, 3.8) is 0 Å². The number of methoxy groups -OCH3 is 1. The molecule has 0 aliphatic carbocycles. The fourth-order valence-corrected chi connectivity index (χ4v) is 3.13. The summed E-state index contributed by atoms with van der Waals surface area (Å²) >= 11 is 6.55. The van der Waals surface area contributed by atoms with Crippen LogP contribution >= 0.6 is 11.6 Å². The van der Waals surface area contributed by atoms with Crippen LogP contribution in [0.4, 0.5) is 0 Å². The van der Waals surface area contributed by atoms with Crippen LogP contribution in [-0.2, 0) is 6.42 Å². The number of hydrogen-bond donors (Lipinski definition) is 1. The van der Waals surface area contributed by atoms with E-state index in [9.17, 15) is 0 Å². The number of nitrogens with one attached hydrogen (secondary N) is 1. The first-order chi connectivity index (χ1) is 9.78. The fraction of sp³-hybridized carbons (Fsp3) is 0.438. The number of fused-ring (bicyclic) bond motifs is 1. The zero-order valence-electron chi connectivity index (χ0n) is 11.7. The number of hydrogen-bond acceptors (Lipinski definition) is 3. The normalized spacial score (nSPS) is 19.2. The monoisotopic (exact) mass is 290 g/mol. The summed E-state index contributed by atoms with van der Waals surface area (Å²) in [7, 11) is 1.62. The van der Waals surface area contributed by atoms with E-state index < -0.39 is 0 Å². The van der Waals surface area contributed by atoms with Crippen molar-refractivity contribution in [2.45, 2.75) is 31.7 Å². The van der Waals surface area contributed by atoms with Gasteiger partial charge in [-0.3, -0.25) is 0 Å². The first kappa shape index (κ1) is 13.7. The highest BCUT2D eigenvalue weighted by Crippen LogP contribution is 2.29. The zero-order valence-corrected chi connectivity index (χ0v) is 12.4. The van der Waals surface area contributed by atoms with E-state index in [1.165, 1.54) is 24.8 Å². The van der Waals surface area contributed by atoms with Gasteiger partial charge in [0.25, 0.3) is 0 Å². The molecule has 1 aliphatic heterocycles. The van der Waals surface area contributed by atoms with Gasteiger partial charge in [0.15, 0.2) is 0 Å². The predicted molar refractivity (Wildman–Crippen MR) is 82.7 cm³/mol. The largest absolute Gasteiger partial charge is 0.481 e. The van der Waals surface area contributed by atoms with Gasteiger partial charge < -0.3 is 10.1 Å². The molecule has 3 nitrogen and oxygen atoms in total. The summed E-state index contributed by atoms with van der Waals surface area (Å²) in [5, 5.41) is 5.39. The number of ether oxygens (including phenoxy) is 1. The fourth-order valence-electron chi connectivity index (χ4n) is 2.83. The molecule has 1 saturated heterocycles. The lowest BCUT2D eigenvalue weighted by molar-refractivity contribution is 0.399. The van der Waals surface area contributed by atoms with Crippen LogP contribution < -0.4 is 10.1 Å². The minimum atomic E-state index is 0.546. The van der Waals surface area contributed by atoms with Gasteiger partial charge in [-0.15, -0.1) is 0 Å². The van der Waals surface area contributed by atoms with Gasteiger partial charge in [-0.1, -0.05) is 24.1 Å². The minimum Gasteiger partial charge on any atom is -0.481 e. The Hall–Kier alpha value is -1.32. The molecule has 1 atom stereocenters. The molecular formula is C16H19ClN2O. The lowest BCUT2D eigenvalue weighted by Crippen LogP contribution is -2.35. The summed E-state index contributed by atoms with van der Waals surface area (Å²) in [6, 6.07) is 8.51. The molecule has 2 heterocycles. The maximum atomic E-state index is 6.55. The molecule has 1 unspecified atom stereocenters. The molecular weight excluding hydrogens is 272 g/mol. The van der Waals surface area contributed by atoms with Crippen molar-refractivity contribution in [2.75, 3.05) is 13.7 Å². The maximum absolute atomic E-state index is 6.55. The summed E-state index contributed by atoms with van der Waals surface area (Å²) in [4.78, 5) is 4.42. The van der Waals surface area contributed by atoms with Crippen LogP contribution in [0, 0.1) is 0 Å². The van der Waals surface area contributed by atoms with Crippen molar-refractivity contribution in [1.29, 1.82) is 0 Å². The minimum absolute atomic E-state index is 0.546. The molecule has 0 amide bonds. The maximum Gasteiger partial charge on any atom is 0.213 e. The standard InChI is InChI=1S/C16H19ClN2O/c1-20-15-8-6-13-14(19-15)7-5-11(16(13)17)10-12-4-2-3-9-18-12/h5-8,12,18H,2-4,9-10H2,1H3. The quantitative estimate of drug-likeness (QED) is 0.938. The van der Waals surface area contributed by atoms with Gasteiger partial charge in [0, 0.05) is 17.5 Å². The molecule has 1 N–H and O–H groups in total. The Balaban J connectivity index is 1.90. The number of benzene rings is 1. The summed E-state index contributed by atoms with van der Waals surface area (Å²) < 4.78 is 5.15. The van der Waals surface area contributed by atoms with Gasteiger partial charge in [-0.2, -0.15) is 0 Å². The van der Waals surface area contributed by atoms with Crippen molar-refractivity contribution >= 4 is 22.5 Å². The van der Waals surface area contributed by atoms with Crippen molar-refractivity contribution in [1.82, 2.24) is 10.3 Å². The Labute approximate surface area is 124 Å². The highest BCUT2D eigenvalue weighted by Gasteiger charge is 2.16. The number of piperidine rings is 1. The van der Waals surface area contributed by atoms with Crippen LogP contribution in [0.1, 0.15) is 24.8 Å². The Bertz CT molecular complexity index is 609. The average molecular weight is 291 g/mol. The predicted octanol–water partition coefficient (Wildman–Crippen LogP) is 3.58. The van der Waals surface area contributed by atoms with E-state index in [1.54, 1.807) is 7.11 Å². The molecule has 1 aromatic heterocycles. The smallest absolute Gasteiger partial charge is 0.213 e. The van der Waals surface area contributed by atoms with Gasteiger partial charge in [0.2, 0.25) is 5.88 Å². The number of rotatable bonds is 3. The molecule has 3 rings (SSSR count). The van der Waals surface area contributed by atoms with Crippen LogP contribution in [0.15, 0.2) is 24.3 Å². The molecule has 0 bridgehead atoms. The van der Waals surface area contributed by atoms with Crippen molar-refractivity contribution in [2.24, 2.45) is 0 Å². The lowest BCUT2D eigenvalue weighted by atomic mass is 9.97. The first-order valence-corrected chi connectivity index (χ1v) is 7.51. The average Bonchev–Trinajstić information content (AvgIpc) is 2.51. The summed E-state index contributed by atoms with van der Waals surface area (Å²) in [6.45, 7) is 1.12. The summed E-state index contributed by atoms with van der Waals surface area (Å²) in [6.07, 6.45) is 4.81. The van der Waals surface area contributed by atoms with Crippen molar-refractivity contribution < 1.29 is 4.74 Å². The third-order valence-electron chi connectivity index (χ3n) is 3.95. The van der Waals surface area contributed by atoms with E-state index >= 15 is 0 Å². The molecule has 0 radical (unpaired) electrons. The second kappa shape index (κ2) is 5.98. The first-order valence-electron chi connectivity index (χ1n) is 7.13. The number of halogens is 1. The molecule has 4 heteroatoms. The van der Waals surface area contributed by atoms with E-state index in [0.29, 0.717) is 11.9 Å². The second-order valence-corrected chi connectivity index (χ2v) is 5.69. The zero-order chi connectivity index (χ0) is 13.9. The van der Waals surface area contributed by atoms with E-state index in [-0.39, 0.29) is 0 Å². The molecule has 1 fully saturated rings. The van der Waals surface area contributed by atoms with Crippen LogP contribution in [0.25, 0.3) is 10.9 Å². The Morgan fingerprint density at radius 2 is 2.20 bits per heavy atom. The van der Waals surface area contributed by atoms with E-state index in [4.69, 9.17) is 16.3 Å². The molecule has 0 spiro atoms. The molecule has 1 aliphatic rings. The number of aromatic nitrogens is 1. The van der Waals surface area contributed by atoms with E-state index in [2.05, 4.69) is 16.4 Å². The van der Waals surface area contributed by atoms with Gasteiger partial charge in [-0.25, -0.2) is 4.98 Å². The molecule has 1 aromatic carbocycles. The van der Waals surface area contributed by atoms with Crippen molar-refractivity contribution in [3.05, 3.63) is 34.9 Å².